The van der Waals surface area contributed by atoms with Crippen LogP contribution in [0.1, 0.15) is 22.3 Å². The minimum absolute atomic E-state index is 0. The summed E-state index contributed by atoms with van der Waals surface area (Å²) in [6, 6.07) is 5.32. The zero-order valence-corrected chi connectivity index (χ0v) is 14.5. The highest BCUT2D eigenvalue weighted by molar-refractivity contribution is 5.97. The number of carbonyl (C=O) groups is 2. The topological polar surface area (TPSA) is 70.7 Å². The van der Waals surface area contributed by atoms with Gasteiger partial charge in [-0.3, -0.25) is 9.59 Å². The van der Waals surface area contributed by atoms with Crippen molar-refractivity contribution in [2.45, 2.75) is 19.4 Å². The molecular weight excluding hydrogens is 318 g/mol. The van der Waals surface area contributed by atoms with Crippen molar-refractivity contribution < 1.29 is 14.3 Å². The summed E-state index contributed by atoms with van der Waals surface area (Å²) in [6.45, 7) is 4.04. The number of ether oxygens (including phenoxy) is 1. The highest BCUT2D eigenvalue weighted by atomic mass is 35.5. The number of nitrogens with one attached hydrogen (secondary N) is 2. The molecule has 1 aromatic rings. The van der Waals surface area contributed by atoms with Gasteiger partial charge in [-0.25, -0.2) is 0 Å². The van der Waals surface area contributed by atoms with Crippen LogP contribution in [0, 0.1) is 6.92 Å². The molecule has 1 unspecified atom stereocenters. The Bertz CT molecular complexity index is 558. The van der Waals surface area contributed by atoms with Gasteiger partial charge in [-0.2, -0.15) is 0 Å². The fourth-order valence-corrected chi connectivity index (χ4v) is 2.31. The molecule has 128 valence electrons. The molecule has 1 aliphatic rings. The van der Waals surface area contributed by atoms with Crippen LogP contribution in [-0.4, -0.2) is 56.6 Å². The molecule has 0 radical (unpaired) electrons. The van der Waals surface area contributed by atoms with Crippen LogP contribution in [0.15, 0.2) is 18.2 Å². The van der Waals surface area contributed by atoms with Crippen LogP contribution >= 0.6 is 12.4 Å². The second-order valence-electron chi connectivity index (χ2n) is 5.68. The Balaban J connectivity index is 0.00000264. The molecule has 23 heavy (non-hydrogen) atoms. The quantitative estimate of drug-likeness (QED) is 0.869. The number of halogens is 1. The van der Waals surface area contributed by atoms with E-state index in [2.05, 4.69) is 10.6 Å². The Morgan fingerprint density at radius 1 is 1.39 bits per heavy atom. The number of nitrogens with zero attached hydrogens (tertiary/aromatic N) is 1. The number of aryl methyl sites for hydroxylation is 1. The van der Waals surface area contributed by atoms with E-state index in [1.165, 1.54) is 4.90 Å². The molecule has 0 spiro atoms. The van der Waals surface area contributed by atoms with Crippen LogP contribution < -0.4 is 10.6 Å². The zero-order valence-electron chi connectivity index (χ0n) is 13.7. The summed E-state index contributed by atoms with van der Waals surface area (Å²) in [4.78, 5) is 25.6. The maximum Gasteiger partial charge on any atom is 0.253 e. The molecule has 1 atom stereocenters. The molecule has 1 aliphatic heterocycles. The van der Waals surface area contributed by atoms with Gasteiger partial charge in [0.1, 0.15) is 0 Å². The Morgan fingerprint density at radius 3 is 2.74 bits per heavy atom. The van der Waals surface area contributed by atoms with Crippen molar-refractivity contribution in [3.8, 4) is 0 Å². The van der Waals surface area contributed by atoms with Crippen LogP contribution in [0.5, 0.6) is 0 Å². The Morgan fingerprint density at radius 2 is 2.13 bits per heavy atom. The van der Waals surface area contributed by atoms with E-state index >= 15 is 0 Å². The summed E-state index contributed by atoms with van der Waals surface area (Å²) >= 11 is 0. The van der Waals surface area contributed by atoms with Crippen molar-refractivity contribution in [1.82, 2.24) is 10.2 Å². The molecule has 1 saturated heterocycles. The third-order valence-corrected chi connectivity index (χ3v) is 3.58. The van der Waals surface area contributed by atoms with Gasteiger partial charge >= 0.3 is 0 Å². The number of anilines is 1. The van der Waals surface area contributed by atoms with Gasteiger partial charge < -0.3 is 20.3 Å². The summed E-state index contributed by atoms with van der Waals surface area (Å²) in [5.41, 5.74) is 2.15. The van der Waals surface area contributed by atoms with Gasteiger partial charge in [0.15, 0.2) is 0 Å². The van der Waals surface area contributed by atoms with Gasteiger partial charge in [0.05, 0.1) is 19.1 Å². The van der Waals surface area contributed by atoms with E-state index in [0.717, 1.165) is 12.1 Å². The van der Waals surface area contributed by atoms with E-state index in [1.807, 2.05) is 13.0 Å². The van der Waals surface area contributed by atoms with Gasteiger partial charge in [-0.1, -0.05) is 6.07 Å². The first-order valence-electron chi connectivity index (χ1n) is 7.42. The normalized spacial score (nSPS) is 17.1. The van der Waals surface area contributed by atoms with Crippen LogP contribution in [0.25, 0.3) is 0 Å². The van der Waals surface area contributed by atoms with Crippen LogP contribution in [0.2, 0.25) is 0 Å². The lowest BCUT2D eigenvalue weighted by molar-refractivity contribution is -0.119. The van der Waals surface area contributed by atoms with Crippen LogP contribution in [0.3, 0.4) is 0 Å². The lowest BCUT2D eigenvalue weighted by atomic mass is 10.1. The van der Waals surface area contributed by atoms with E-state index in [9.17, 15) is 9.59 Å². The summed E-state index contributed by atoms with van der Waals surface area (Å²) in [7, 11) is 3.40. The predicted molar refractivity (Wildman–Crippen MR) is 92.3 cm³/mol. The van der Waals surface area contributed by atoms with E-state index in [-0.39, 0.29) is 30.3 Å². The number of hydrogen-bond donors (Lipinski definition) is 2. The van der Waals surface area contributed by atoms with Crippen molar-refractivity contribution in [1.29, 1.82) is 0 Å². The van der Waals surface area contributed by atoms with E-state index < -0.39 is 0 Å². The molecule has 0 bridgehead atoms. The van der Waals surface area contributed by atoms with Crippen molar-refractivity contribution in [3.05, 3.63) is 29.3 Å². The van der Waals surface area contributed by atoms with Crippen molar-refractivity contribution in [3.63, 3.8) is 0 Å². The average molecular weight is 342 g/mol. The number of carbonyl (C=O) groups excluding carboxylic acids is 2. The maximum atomic E-state index is 12.1. The number of morpholine rings is 1. The molecular formula is C16H24ClN3O3. The molecule has 0 saturated carbocycles. The maximum absolute atomic E-state index is 12.1. The number of rotatable bonds is 4. The highest BCUT2D eigenvalue weighted by Crippen LogP contribution is 2.18. The molecule has 6 nitrogen and oxygen atoms in total. The lowest BCUT2D eigenvalue weighted by Gasteiger charge is -2.23. The standard InChI is InChI=1S/C16H23N3O3.ClH/c1-11-4-5-12(16(21)19(2)3)8-14(11)18-15(20)9-13-10-17-6-7-22-13;/h4-5,8,13,17H,6-7,9-10H2,1-3H3,(H,18,20);1H. The van der Waals surface area contributed by atoms with Crippen molar-refractivity contribution in [2.75, 3.05) is 39.1 Å². The van der Waals surface area contributed by atoms with E-state index in [1.54, 1.807) is 26.2 Å². The summed E-state index contributed by atoms with van der Waals surface area (Å²) in [6.07, 6.45) is 0.207. The molecule has 2 amide bonds. The van der Waals surface area contributed by atoms with Gasteiger partial charge in [-0.15, -0.1) is 12.4 Å². The second-order valence-corrected chi connectivity index (χ2v) is 5.68. The largest absolute Gasteiger partial charge is 0.375 e. The Labute approximate surface area is 143 Å². The van der Waals surface area contributed by atoms with Gasteiger partial charge in [0.2, 0.25) is 5.91 Å². The average Bonchev–Trinajstić information content (AvgIpc) is 2.49. The first-order valence-corrected chi connectivity index (χ1v) is 7.42. The summed E-state index contributed by atoms with van der Waals surface area (Å²) in [5, 5.41) is 6.07. The molecule has 1 aromatic carbocycles. The monoisotopic (exact) mass is 341 g/mol. The Kier molecular flexibility index (Phi) is 7.48. The summed E-state index contributed by atoms with van der Waals surface area (Å²) < 4.78 is 5.53. The fourth-order valence-electron chi connectivity index (χ4n) is 2.31. The fraction of sp³-hybridized carbons (Fsp3) is 0.500. The molecule has 0 aromatic heterocycles. The molecule has 2 N–H and O–H groups in total. The third-order valence-electron chi connectivity index (χ3n) is 3.58. The van der Waals surface area contributed by atoms with E-state index in [0.29, 0.717) is 30.8 Å². The van der Waals surface area contributed by atoms with Crippen molar-refractivity contribution >= 4 is 29.9 Å². The van der Waals surface area contributed by atoms with Crippen molar-refractivity contribution in [2.24, 2.45) is 0 Å². The van der Waals surface area contributed by atoms with Gasteiger partial charge in [0, 0.05) is 38.4 Å². The second kappa shape index (κ2) is 8.86. The highest BCUT2D eigenvalue weighted by Gasteiger charge is 2.18. The van der Waals surface area contributed by atoms with Crippen LogP contribution in [-0.2, 0) is 9.53 Å². The van der Waals surface area contributed by atoms with Gasteiger partial charge in [0.25, 0.3) is 5.91 Å². The van der Waals surface area contributed by atoms with Crippen LogP contribution in [0.4, 0.5) is 5.69 Å². The Hall–Kier alpha value is -1.63. The molecule has 0 aliphatic carbocycles. The lowest BCUT2D eigenvalue weighted by Crippen LogP contribution is -2.40. The molecule has 1 heterocycles. The smallest absolute Gasteiger partial charge is 0.253 e. The number of amides is 2. The first-order chi connectivity index (χ1) is 10.5. The van der Waals surface area contributed by atoms with E-state index in [4.69, 9.17) is 4.74 Å². The minimum atomic E-state index is -0.105. The SMILES string of the molecule is Cc1ccc(C(=O)N(C)C)cc1NC(=O)CC1CNCCO1.Cl. The summed E-state index contributed by atoms with van der Waals surface area (Å²) in [5.74, 6) is -0.193. The number of hydrogen-bond acceptors (Lipinski definition) is 4. The molecule has 1 fully saturated rings. The first kappa shape index (κ1) is 19.4. The number of benzene rings is 1. The molecule has 7 heteroatoms. The van der Waals surface area contributed by atoms with Gasteiger partial charge in [-0.05, 0) is 24.6 Å². The predicted octanol–water partition coefficient (Wildman–Crippen LogP) is 1.44. The zero-order chi connectivity index (χ0) is 16.1. The minimum Gasteiger partial charge on any atom is -0.375 e. The molecule has 2 rings (SSSR count). The third kappa shape index (κ3) is 5.49.